The molecule has 1 amide bonds. The van der Waals surface area contributed by atoms with Crippen LogP contribution in [0.4, 0.5) is 0 Å². The number of aryl methyl sites for hydroxylation is 3. The molecule has 24 heavy (non-hydrogen) atoms. The van der Waals surface area contributed by atoms with Crippen molar-refractivity contribution in [3.05, 3.63) is 58.6 Å². The van der Waals surface area contributed by atoms with Crippen LogP contribution in [-0.2, 0) is 6.54 Å². The number of carbonyl (C=O) groups is 1. The first-order valence-electron chi connectivity index (χ1n) is 7.83. The highest BCUT2D eigenvalue weighted by Crippen LogP contribution is 2.30. The lowest BCUT2D eigenvalue weighted by Gasteiger charge is -2.04. The second-order valence-corrected chi connectivity index (χ2v) is 6.81. The van der Waals surface area contributed by atoms with Crippen molar-refractivity contribution in [1.29, 1.82) is 0 Å². The van der Waals surface area contributed by atoms with Crippen molar-refractivity contribution < 1.29 is 4.79 Å². The average Bonchev–Trinajstić information content (AvgIpc) is 3.17. The summed E-state index contributed by atoms with van der Waals surface area (Å²) in [5.41, 5.74) is 4.26. The third-order valence-electron chi connectivity index (χ3n) is 3.83. The standard InChI is InChI=1S/C18H20N4OS/c1-12-4-5-15(13(2)10-12)18-21-14(3)16(24-18)17(23)20-7-9-22-8-6-19-11-22/h4-6,8,10-11H,7,9H2,1-3H3,(H,20,23). The lowest BCUT2D eigenvalue weighted by Crippen LogP contribution is -2.26. The zero-order chi connectivity index (χ0) is 17.1. The van der Waals surface area contributed by atoms with Crippen LogP contribution in [0.5, 0.6) is 0 Å². The van der Waals surface area contributed by atoms with Crippen molar-refractivity contribution in [3.8, 4) is 10.6 Å². The summed E-state index contributed by atoms with van der Waals surface area (Å²) in [6.07, 6.45) is 5.34. The van der Waals surface area contributed by atoms with Crippen LogP contribution in [0.15, 0.2) is 36.9 Å². The number of imidazole rings is 1. The topological polar surface area (TPSA) is 59.8 Å². The van der Waals surface area contributed by atoms with E-state index in [1.165, 1.54) is 22.5 Å². The van der Waals surface area contributed by atoms with Crippen LogP contribution >= 0.6 is 11.3 Å². The van der Waals surface area contributed by atoms with E-state index < -0.39 is 0 Å². The van der Waals surface area contributed by atoms with Gasteiger partial charge in [0.2, 0.25) is 0 Å². The lowest BCUT2D eigenvalue weighted by atomic mass is 10.1. The number of nitrogens with zero attached hydrogens (tertiary/aromatic N) is 3. The Labute approximate surface area is 145 Å². The first kappa shape index (κ1) is 16.4. The minimum atomic E-state index is -0.0684. The van der Waals surface area contributed by atoms with E-state index in [0.29, 0.717) is 18.0 Å². The number of thiazole rings is 1. The molecular formula is C18H20N4OS. The Morgan fingerprint density at radius 3 is 2.83 bits per heavy atom. The minimum Gasteiger partial charge on any atom is -0.349 e. The summed E-state index contributed by atoms with van der Waals surface area (Å²) < 4.78 is 1.93. The number of rotatable bonds is 5. The Kier molecular flexibility index (Phi) is 4.76. The van der Waals surface area contributed by atoms with Gasteiger partial charge >= 0.3 is 0 Å². The summed E-state index contributed by atoms with van der Waals surface area (Å²) in [5, 5.41) is 3.84. The van der Waals surface area contributed by atoms with Gasteiger partial charge in [0.05, 0.1) is 12.0 Å². The number of nitrogens with one attached hydrogen (secondary N) is 1. The van der Waals surface area contributed by atoms with Gasteiger partial charge in [-0.1, -0.05) is 23.8 Å². The molecule has 2 heterocycles. The molecule has 0 radical (unpaired) electrons. The largest absolute Gasteiger partial charge is 0.349 e. The molecule has 0 aliphatic carbocycles. The van der Waals surface area contributed by atoms with Crippen molar-refractivity contribution in [2.75, 3.05) is 6.54 Å². The van der Waals surface area contributed by atoms with E-state index in [4.69, 9.17) is 0 Å². The minimum absolute atomic E-state index is 0.0684. The molecule has 6 heteroatoms. The zero-order valence-electron chi connectivity index (χ0n) is 14.0. The number of hydrogen-bond acceptors (Lipinski definition) is 4. The van der Waals surface area contributed by atoms with Gasteiger partial charge in [-0.15, -0.1) is 11.3 Å². The molecule has 0 aliphatic rings. The fraction of sp³-hybridized carbons (Fsp3) is 0.278. The summed E-state index contributed by atoms with van der Waals surface area (Å²) in [6.45, 7) is 7.29. The van der Waals surface area contributed by atoms with E-state index in [0.717, 1.165) is 16.3 Å². The maximum Gasteiger partial charge on any atom is 0.263 e. The fourth-order valence-electron chi connectivity index (χ4n) is 2.57. The molecule has 0 atom stereocenters. The first-order valence-corrected chi connectivity index (χ1v) is 8.65. The van der Waals surface area contributed by atoms with Crippen molar-refractivity contribution >= 4 is 17.2 Å². The van der Waals surface area contributed by atoms with Crippen LogP contribution in [0.2, 0.25) is 0 Å². The number of hydrogen-bond donors (Lipinski definition) is 1. The maximum atomic E-state index is 12.4. The monoisotopic (exact) mass is 340 g/mol. The van der Waals surface area contributed by atoms with Gasteiger partial charge in [-0.2, -0.15) is 0 Å². The maximum absolute atomic E-state index is 12.4. The van der Waals surface area contributed by atoms with E-state index in [-0.39, 0.29) is 5.91 Å². The second-order valence-electron chi connectivity index (χ2n) is 5.81. The molecule has 1 N–H and O–H groups in total. The summed E-state index contributed by atoms with van der Waals surface area (Å²) >= 11 is 1.45. The van der Waals surface area contributed by atoms with Gasteiger partial charge in [-0.05, 0) is 26.3 Å². The Balaban J connectivity index is 1.72. The van der Waals surface area contributed by atoms with Crippen LogP contribution < -0.4 is 5.32 Å². The van der Waals surface area contributed by atoms with Crippen LogP contribution in [0.25, 0.3) is 10.6 Å². The Hall–Kier alpha value is -2.47. The fourth-order valence-corrected chi connectivity index (χ4v) is 3.65. The van der Waals surface area contributed by atoms with Gasteiger partial charge in [0.1, 0.15) is 9.88 Å². The average molecular weight is 340 g/mol. The van der Waals surface area contributed by atoms with Crippen LogP contribution in [0.1, 0.15) is 26.5 Å². The number of aromatic nitrogens is 3. The van der Waals surface area contributed by atoms with Gasteiger partial charge in [-0.25, -0.2) is 9.97 Å². The Morgan fingerprint density at radius 1 is 1.29 bits per heavy atom. The third kappa shape index (κ3) is 3.54. The SMILES string of the molecule is Cc1ccc(-c2nc(C)c(C(=O)NCCn3ccnc3)s2)c(C)c1. The molecule has 0 unspecified atom stereocenters. The van der Waals surface area contributed by atoms with Gasteiger partial charge in [0.15, 0.2) is 0 Å². The van der Waals surface area contributed by atoms with Crippen molar-refractivity contribution in [3.63, 3.8) is 0 Å². The predicted octanol–water partition coefficient (Wildman–Crippen LogP) is 3.36. The number of carbonyl (C=O) groups excluding carboxylic acids is 1. The molecule has 0 fully saturated rings. The third-order valence-corrected chi connectivity index (χ3v) is 5.02. The molecular weight excluding hydrogens is 320 g/mol. The molecule has 124 valence electrons. The Bertz CT molecular complexity index is 852. The van der Waals surface area contributed by atoms with Crippen molar-refractivity contribution in [1.82, 2.24) is 19.9 Å². The number of amides is 1. The predicted molar refractivity (Wildman–Crippen MR) is 96.3 cm³/mol. The highest BCUT2D eigenvalue weighted by Gasteiger charge is 2.16. The van der Waals surface area contributed by atoms with Crippen molar-refractivity contribution in [2.45, 2.75) is 27.3 Å². The lowest BCUT2D eigenvalue weighted by molar-refractivity contribution is 0.0955. The van der Waals surface area contributed by atoms with E-state index >= 15 is 0 Å². The summed E-state index contributed by atoms with van der Waals surface area (Å²) in [5.74, 6) is -0.0684. The van der Waals surface area contributed by atoms with E-state index in [1.807, 2.05) is 17.7 Å². The molecule has 3 aromatic rings. The molecule has 5 nitrogen and oxygen atoms in total. The quantitative estimate of drug-likeness (QED) is 0.775. The van der Waals surface area contributed by atoms with Gasteiger partial charge < -0.3 is 9.88 Å². The molecule has 0 spiro atoms. The molecule has 2 aromatic heterocycles. The molecule has 3 rings (SSSR count). The summed E-state index contributed by atoms with van der Waals surface area (Å²) in [7, 11) is 0. The molecule has 0 aliphatic heterocycles. The normalized spacial score (nSPS) is 10.8. The van der Waals surface area contributed by atoms with Gasteiger partial charge in [0, 0.05) is 31.0 Å². The Morgan fingerprint density at radius 2 is 2.12 bits per heavy atom. The van der Waals surface area contributed by atoms with Gasteiger partial charge in [0.25, 0.3) is 5.91 Å². The van der Waals surface area contributed by atoms with Crippen LogP contribution in [0, 0.1) is 20.8 Å². The molecule has 0 saturated heterocycles. The van der Waals surface area contributed by atoms with E-state index in [1.54, 1.807) is 12.5 Å². The van der Waals surface area contributed by atoms with Crippen LogP contribution in [0.3, 0.4) is 0 Å². The molecule has 1 aromatic carbocycles. The highest BCUT2D eigenvalue weighted by atomic mass is 32.1. The summed E-state index contributed by atoms with van der Waals surface area (Å²) in [4.78, 5) is 21.7. The number of benzene rings is 1. The second kappa shape index (κ2) is 6.97. The first-order chi connectivity index (χ1) is 11.5. The smallest absolute Gasteiger partial charge is 0.263 e. The molecule has 0 saturated carbocycles. The van der Waals surface area contributed by atoms with Crippen molar-refractivity contribution in [2.24, 2.45) is 0 Å². The highest BCUT2D eigenvalue weighted by molar-refractivity contribution is 7.17. The van der Waals surface area contributed by atoms with Crippen LogP contribution in [-0.4, -0.2) is 27.0 Å². The summed E-state index contributed by atoms with van der Waals surface area (Å²) in [6, 6.07) is 6.28. The molecule has 0 bridgehead atoms. The van der Waals surface area contributed by atoms with E-state index in [2.05, 4.69) is 47.3 Å². The zero-order valence-corrected chi connectivity index (χ0v) is 14.9. The van der Waals surface area contributed by atoms with E-state index in [9.17, 15) is 4.79 Å². The van der Waals surface area contributed by atoms with Gasteiger partial charge in [-0.3, -0.25) is 4.79 Å².